The van der Waals surface area contributed by atoms with Gasteiger partial charge in [0.05, 0.1) is 19.9 Å². The standard InChI is InChI=1S/C13H13FN2O3/c1-15-11-8-4-7(14)5-10(18-2)12(8)16-6-9(11)13(17)19-3/h4-6H,1-3H3,(H,15,16). The van der Waals surface area contributed by atoms with E-state index in [4.69, 9.17) is 4.74 Å². The first kappa shape index (κ1) is 13.1. The van der Waals surface area contributed by atoms with Crippen LogP contribution in [0.25, 0.3) is 10.9 Å². The van der Waals surface area contributed by atoms with Crippen molar-refractivity contribution in [3.05, 3.63) is 29.7 Å². The minimum atomic E-state index is -0.540. The minimum Gasteiger partial charge on any atom is -0.494 e. The number of anilines is 1. The normalized spacial score (nSPS) is 10.3. The van der Waals surface area contributed by atoms with Crippen LogP contribution in [0.15, 0.2) is 18.3 Å². The van der Waals surface area contributed by atoms with E-state index in [0.717, 1.165) is 0 Å². The van der Waals surface area contributed by atoms with Gasteiger partial charge in [-0.2, -0.15) is 0 Å². The average molecular weight is 264 g/mol. The van der Waals surface area contributed by atoms with Crippen LogP contribution in [0.5, 0.6) is 5.75 Å². The van der Waals surface area contributed by atoms with Gasteiger partial charge in [0.1, 0.15) is 22.6 Å². The zero-order valence-corrected chi connectivity index (χ0v) is 10.8. The summed E-state index contributed by atoms with van der Waals surface area (Å²) < 4.78 is 23.3. The van der Waals surface area contributed by atoms with Gasteiger partial charge in [-0.1, -0.05) is 0 Å². The number of pyridine rings is 1. The number of aromatic nitrogens is 1. The quantitative estimate of drug-likeness (QED) is 0.861. The van der Waals surface area contributed by atoms with E-state index in [2.05, 4.69) is 15.0 Å². The first-order valence-corrected chi connectivity index (χ1v) is 5.54. The maximum absolute atomic E-state index is 13.6. The fourth-order valence-electron chi connectivity index (χ4n) is 1.93. The third-order valence-corrected chi connectivity index (χ3v) is 2.78. The van der Waals surface area contributed by atoms with Crippen molar-refractivity contribution in [2.24, 2.45) is 0 Å². The number of carbonyl (C=O) groups excluding carboxylic acids is 1. The highest BCUT2D eigenvalue weighted by atomic mass is 19.1. The second-order valence-corrected chi connectivity index (χ2v) is 3.79. The summed E-state index contributed by atoms with van der Waals surface area (Å²) in [7, 11) is 4.35. The highest BCUT2D eigenvalue weighted by molar-refractivity contribution is 6.06. The van der Waals surface area contributed by atoms with Crippen LogP contribution in [0, 0.1) is 5.82 Å². The largest absolute Gasteiger partial charge is 0.494 e. The number of ether oxygens (including phenoxy) is 2. The lowest BCUT2D eigenvalue weighted by molar-refractivity contribution is 0.0601. The van der Waals surface area contributed by atoms with E-state index in [0.29, 0.717) is 22.3 Å². The molecule has 0 saturated carbocycles. The number of hydrogen-bond donors (Lipinski definition) is 1. The molecule has 0 amide bonds. The number of rotatable bonds is 3. The molecule has 19 heavy (non-hydrogen) atoms. The summed E-state index contributed by atoms with van der Waals surface area (Å²) in [4.78, 5) is 15.8. The number of hydrogen-bond acceptors (Lipinski definition) is 5. The number of carbonyl (C=O) groups is 1. The van der Waals surface area contributed by atoms with Crippen LogP contribution in [0.2, 0.25) is 0 Å². The van der Waals surface area contributed by atoms with E-state index >= 15 is 0 Å². The Labute approximate surface area is 109 Å². The van der Waals surface area contributed by atoms with Crippen molar-refractivity contribution in [2.45, 2.75) is 0 Å². The molecule has 0 aliphatic carbocycles. The van der Waals surface area contributed by atoms with Gasteiger partial charge in [0.15, 0.2) is 0 Å². The molecular formula is C13H13FN2O3. The Morgan fingerprint density at radius 2 is 2.11 bits per heavy atom. The van der Waals surface area contributed by atoms with Crippen molar-refractivity contribution in [1.29, 1.82) is 0 Å². The molecule has 2 aromatic rings. The van der Waals surface area contributed by atoms with E-state index < -0.39 is 11.8 Å². The molecule has 1 aromatic carbocycles. The minimum absolute atomic E-state index is 0.241. The summed E-state index contributed by atoms with van der Waals surface area (Å²) in [6.45, 7) is 0. The number of benzene rings is 1. The number of esters is 1. The summed E-state index contributed by atoms with van der Waals surface area (Å²) in [6, 6.07) is 2.54. The summed E-state index contributed by atoms with van der Waals surface area (Å²) >= 11 is 0. The van der Waals surface area contributed by atoms with E-state index in [1.54, 1.807) is 7.05 Å². The molecule has 5 nitrogen and oxygen atoms in total. The Morgan fingerprint density at radius 3 is 2.68 bits per heavy atom. The maximum Gasteiger partial charge on any atom is 0.341 e. The number of halogens is 1. The number of nitrogens with zero attached hydrogens (tertiary/aromatic N) is 1. The van der Waals surface area contributed by atoms with Gasteiger partial charge in [-0.05, 0) is 6.07 Å². The second-order valence-electron chi connectivity index (χ2n) is 3.79. The van der Waals surface area contributed by atoms with Crippen molar-refractivity contribution in [1.82, 2.24) is 4.98 Å². The van der Waals surface area contributed by atoms with Gasteiger partial charge in [-0.25, -0.2) is 9.18 Å². The van der Waals surface area contributed by atoms with Crippen LogP contribution in [0.3, 0.4) is 0 Å². The molecule has 100 valence electrons. The molecule has 1 heterocycles. The zero-order valence-electron chi connectivity index (χ0n) is 10.8. The van der Waals surface area contributed by atoms with Gasteiger partial charge in [0.25, 0.3) is 0 Å². The number of methoxy groups -OCH3 is 2. The smallest absolute Gasteiger partial charge is 0.341 e. The van der Waals surface area contributed by atoms with Crippen molar-refractivity contribution >= 4 is 22.6 Å². The molecule has 0 unspecified atom stereocenters. The van der Waals surface area contributed by atoms with Gasteiger partial charge >= 0.3 is 5.97 Å². The summed E-state index contributed by atoms with van der Waals surface area (Å²) in [5.74, 6) is -0.699. The topological polar surface area (TPSA) is 60.5 Å². The third-order valence-electron chi connectivity index (χ3n) is 2.78. The summed E-state index contributed by atoms with van der Waals surface area (Å²) in [5.41, 5.74) is 1.17. The molecule has 1 N–H and O–H groups in total. The molecule has 1 aromatic heterocycles. The Bertz CT molecular complexity index is 643. The fourth-order valence-corrected chi connectivity index (χ4v) is 1.93. The SMILES string of the molecule is CNc1c(C(=O)OC)cnc2c(OC)cc(F)cc12. The Balaban J connectivity index is 2.82. The van der Waals surface area contributed by atoms with Crippen molar-refractivity contribution in [2.75, 3.05) is 26.6 Å². The molecule has 2 rings (SSSR count). The van der Waals surface area contributed by atoms with E-state index in [1.165, 1.54) is 32.5 Å². The molecule has 0 aliphatic heterocycles. The molecule has 0 bridgehead atoms. The number of fused-ring (bicyclic) bond motifs is 1. The number of nitrogens with one attached hydrogen (secondary N) is 1. The van der Waals surface area contributed by atoms with E-state index in [9.17, 15) is 9.18 Å². The molecule has 0 radical (unpaired) electrons. The maximum atomic E-state index is 13.6. The van der Waals surface area contributed by atoms with Gasteiger partial charge < -0.3 is 14.8 Å². The van der Waals surface area contributed by atoms with Crippen LogP contribution in [0.1, 0.15) is 10.4 Å². The Hall–Kier alpha value is -2.37. The second kappa shape index (κ2) is 5.09. The first-order chi connectivity index (χ1) is 9.12. The average Bonchev–Trinajstić information content (AvgIpc) is 2.44. The molecule has 0 spiro atoms. The van der Waals surface area contributed by atoms with Gasteiger partial charge in [0, 0.05) is 24.7 Å². The van der Waals surface area contributed by atoms with Crippen LogP contribution in [-0.4, -0.2) is 32.2 Å². The van der Waals surface area contributed by atoms with Gasteiger partial charge in [-0.15, -0.1) is 0 Å². The summed E-state index contributed by atoms with van der Waals surface area (Å²) in [6.07, 6.45) is 1.38. The summed E-state index contributed by atoms with van der Waals surface area (Å²) in [5, 5.41) is 3.33. The molecule has 0 fully saturated rings. The van der Waals surface area contributed by atoms with Crippen molar-refractivity contribution < 1.29 is 18.7 Å². The van der Waals surface area contributed by atoms with Gasteiger partial charge in [-0.3, -0.25) is 4.98 Å². The van der Waals surface area contributed by atoms with Crippen LogP contribution < -0.4 is 10.1 Å². The highest BCUT2D eigenvalue weighted by Crippen LogP contribution is 2.32. The van der Waals surface area contributed by atoms with Crippen LogP contribution >= 0.6 is 0 Å². The fraction of sp³-hybridized carbons (Fsp3) is 0.231. The lowest BCUT2D eigenvalue weighted by Gasteiger charge is -2.12. The van der Waals surface area contributed by atoms with Crippen molar-refractivity contribution in [3.8, 4) is 5.75 Å². The molecule has 0 atom stereocenters. The lowest BCUT2D eigenvalue weighted by Crippen LogP contribution is -2.07. The van der Waals surface area contributed by atoms with Gasteiger partial charge in [0.2, 0.25) is 0 Å². The highest BCUT2D eigenvalue weighted by Gasteiger charge is 2.17. The zero-order chi connectivity index (χ0) is 14.0. The molecular weight excluding hydrogens is 251 g/mol. The molecule has 0 saturated heterocycles. The third kappa shape index (κ3) is 2.16. The molecule has 0 aliphatic rings. The predicted octanol–water partition coefficient (Wildman–Crippen LogP) is 2.21. The van der Waals surface area contributed by atoms with Crippen LogP contribution in [-0.2, 0) is 4.74 Å². The van der Waals surface area contributed by atoms with Crippen molar-refractivity contribution in [3.63, 3.8) is 0 Å². The van der Waals surface area contributed by atoms with E-state index in [-0.39, 0.29) is 5.56 Å². The Kier molecular flexibility index (Phi) is 3.50. The Morgan fingerprint density at radius 1 is 1.37 bits per heavy atom. The van der Waals surface area contributed by atoms with E-state index in [1.807, 2.05) is 0 Å². The van der Waals surface area contributed by atoms with Crippen LogP contribution in [0.4, 0.5) is 10.1 Å². The first-order valence-electron chi connectivity index (χ1n) is 5.54. The lowest BCUT2D eigenvalue weighted by atomic mass is 10.1. The molecule has 6 heteroatoms. The monoisotopic (exact) mass is 264 g/mol. The predicted molar refractivity (Wildman–Crippen MR) is 69.1 cm³/mol.